The van der Waals surface area contributed by atoms with Gasteiger partial charge in [0.25, 0.3) is 0 Å². The molecule has 1 saturated heterocycles. The smallest absolute Gasteiger partial charge is 0.191 e. The van der Waals surface area contributed by atoms with Crippen LogP contribution in [0.3, 0.4) is 0 Å². The van der Waals surface area contributed by atoms with E-state index in [9.17, 15) is 0 Å². The zero-order valence-electron chi connectivity index (χ0n) is 12.7. The zero-order valence-corrected chi connectivity index (χ0v) is 12.7. The van der Waals surface area contributed by atoms with Gasteiger partial charge in [0.1, 0.15) is 0 Å². The molecule has 1 fully saturated rings. The van der Waals surface area contributed by atoms with E-state index in [-0.39, 0.29) is 6.10 Å². The molecule has 0 spiro atoms. The number of guanidine groups is 1. The summed E-state index contributed by atoms with van der Waals surface area (Å²) in [5.74, 6) is 0.602. The molecule has 0 bridgehead atoms. The number of morpholine rings is 1. The van der Waals surface area contributed by atoms with E-state index >= 15 is 0 Å². The van der Waals surface area contributed by atoms with Crippen LogP contribution >= 0.6 is 0 Å². The molecular weight excluding hydrogens is 264 g/mol. The molecule has 0 amide bonds. The summed E-state index contributed by atoms with van der Waals surface area (Å²) in [5.41, 5.74) is 9.77. The van der Waals surface area contributed by atoms with Crippen molar-refractivity contribution in [2.24, 2.45) is 10.7 Å². The van der Waals surface area contributed by atoms with Gasteiger partial charge in [-0.15, -0.1) is 0 Å². The third kappa shape index (κ3) is 3.53. The van der Waals surface area contributed by atoms with Crippen molar-refractivity contribution in [3.8, 4) is 0 Å². The summed E-state index contributed by atoms with van der Waals surface area (Å²) in [6, 6.07) is 4.29. The number of aromatic nitrogens is 1. The number of pyridine rings is 1. The molecule has 0 aromatic carbocycles. The summed E-state index contributed by atoms with van der Waals surface area (Å²) in [4.78, 5) is 11.3. The van der Waals surface area contributed by atoms with Crippen LogP contribution in [0.5, 0.6) is 0 Å². The molecule has 0 saturated carbocycles. The molecule has 1 unspecified atom stereocenters. The van der Waals surface area contributed by atoms with Gasteiger partial charge in [-0.1, -0.05) is 6.07 Å². The Morgan fingerprint density at radius 3 is 3.14 bits per heavy atom. The Morgan fingerprint density at radius 2 is 2.29 bits per heavy atom. The maximum atomic E-state index is 6.09. The van der Waals surface area contributed by atoms with Crippen LogP contribution in [0.25, 0.3) is 0 Å². The van der Waals surface area contributed by atoms with Gasteiger partial charge in [-0.25, -0.2) is 4.99 Å². The van der Waals surface area contributed by atoms with Crippen LogP contribution in [-0.2, 0) is 24.1 Å². The molecule has 2 aliphatic rings. The molecule has 5 heteroatoms. The van der Waals surface area contributed by atoms with Crippen LogP contribution in [0.15, 0.2) is 17.1 Å². The van der Waals surface area contributed by atoms with E-state index in [0.717, 1.165) is 25.2 Å². The maximum absolute atomic E-state index is 6.09. The standard InChI is InChI=1S/C16H24N4O/c1-12-11-20(8-9-21-12)16(17)18-10-14-7-6-13-4-2-3-5-15(13)19-14/h6-7,12H,2-5,8-11H2,1H3,(H2,17,18). The number of nitrogens with zero attached hydrogens (tertiary/aromatic N) is 3. The third-order valence-corrected chi connectivity index (χ3v) is 4.20. The first-order chi connectivity index (χ1) is 10.2. The van der Waals surface area contributed by atoms with Crippen LogP contribution in [0.4, 0.5) is 0 Å². The Morgan fingerprint density at radius 1 is 1.43 bits per heavy atom. The Kier molecular flexibility index (Phi) is 4.39. The lowest BCUT2D eigenvalue weighted by molar-refractivity contribution is 0.00528. The van der Waals surface area contributed by atoms with E-state index < -0.39 is 0 Å². The van der Waals surface area contributed by atoms with Crippen molar-refractivity contribution in [1.29, 1.82) is 0 Å². The fourth-order valence-electron chi connectivity index (χ4n) is 3.00. The van der Waals surface area contributed by atoms with E-state index in [1.54, 1.807) is 0 Å². The average molecular weight is 288 g/mol. The highest BCUT2D eigenvalue weighted by Crippen LogP contribution is 2.19. The second-order valence-corrected chi connectivity index (χ2v) is 5.92. The van der Waals surface area contributed by atoms with E-state index in [1.165, 1.54) is 30.5 Å². The van der Waals surface area contributed by atoms with E-state index in [0.29, 0.717) is 19.1 Å². The third-order valence-electron chi connectivity index (χ3n) is 4.20. The Bertz CT molecular complexity index is 529. The van der Waals surface area contributed by atoms with Crippen molar-refractivity contribution >= 4 is 5.96 Å². The molecule has 1 aliphatic heterocycles. The van der Waals surface area contributed by atoms with Crippen LogP contribution in [0.2, 0.25) is 0 Å². The second kappa shape index (κ2) is 6.43. The van der Waals surface area contributed by atoms with E-state index in [1.807, 2.05) is 0 Å². The van der Waals surface area contributed by atoms with E-state index in [2.05, 4.69) is 28.9 Å². The number of aryl methyl sites for hydroxylation is 2. The molecule has 21 heavy (non-hydrogen) atoms. The highest BCUT2D eigenvalue weighted by atomic mass is 16.5. The lowest BCUT2D eigenvalue weighted by Gasteiger charge is -2.31. The fraction of sp³-hybridized carbons (Fsp3) is 0.625. The first kappa shape index (κ1) is 14.3. The minimum Gasteiger partial charge on any atom is -0.375 e. The molecule has 1 aromatic heterocycles. The summed E-state index contributed by atoms with van der Waals surface area (Å²) in [6.07, 6.45) is 5.02. The quantitative estimate of drug-likeness (QED) is 0.661. The summed E-state index contributed by atoms with van der Waals surface area (Å²) >= 11 is 0. The number of fused-ring (bicyclic) bond motifs is 1. The highest BCUT2D eigenvalue weighted by Gasteiger charge is 2.18. The van der Waals surface area contributed by atoms with Crippen molar-refractivity contribution in [2.75, 3.05) is 19.7 Å². The van der Waals surface area contributed by atoms with Crippen molar-refractivity contribution in [1.82, 2.24) is 9.88 Å². The first-order valence-corrected chi connectivity index (χ1v) is 7.86. The maximum Gasteiger partial charge on any atom is 0.191 e. The van der Waals surface area contributed by atoms with Crippen molar-refractivity contribution in [2.45, 2.75) is 45.3 Å². The van der Waals surface area contributed by atoms with Crippen LogP contribution < -0.4 is 5.73 Å². The molecule has 1 atom stereocenters. The molecule has 5 nitrogen and oxygen atoms in total. The lowest BCUT2D eigenvalue weighted by atomic mass is 9.96. The summed E-state index contributed by atoms with van der Waals surface area (Å²) < 4.78 is 5.52. The fourth-order valence-corrected chi connectivity index (χ4v) is 3.00. The molecular formula is C16H24N4O. The number of hydrogen-bond acceptors (Lipinski definition) is 3. The minimum atomic E-state index is 0.217. The van der Waals surface area contributed by atoms with Gasteiger partial charge in [0, 0.05) is 18.8 Å². The average Bonchev–Trinajstić information content (AvgIpc) is 2.52. The Labute approximate surface area is 126 Å². The van der Waals surface area contributed by atoms with Crippen molar-refractivity contribution in [3.05, 3.63) is 29.1 Å². The predicted molar refractivity (Wildman–Crippen MR) is 83.2 cm³/mol. The molecule has 0 radical (unpaired) electrons. The van der Waals surface area contributed by atoms with E-state index in [4.69, 9.17) is 15.5 Å². The molecule has 2 N–H and O–H groups in total. The number of hydrogen-bond donors (Lipinski definition) is 1. The van der Waals surface area contributed by atoms with Gasteiger partial charge in [-0.3, -0.25) is 4.98 Å². The van der Waals surface area contributed by atoms with Gasteiger partial charge in [-0.2, -0.15) is 0 Å². The summed E-state index contributed by atoms with van der Waals surface area (Å²) in [5, 5.41) is 0. The number of rotatable bonds is 2. The normalized spacial score (nSPS) is 23.0. The molecule has 3 rings (SSSR count). The molecule has 114 valence electrons. The molecule has 1 aromatic rings. The van der Waals surface area contributed by atoms with Crippen LogP contribution in [0.1, 0.15) is 36.7 Å². The van der Waals surface area contributed by atoms with Gasteiger partial charge < -0.3 is 15.4 Å². The first-order valence-electron chi connectivity index (χ1n) is 7.86. The SMILES string of the molecule is CC1CN(C(N)=NCc2ccc3c(n2)CCCC3)CCO1. The topological polar surface area (TPSA) is 63.7 Å². The summed E-state index contributed by atoms with van der Waals surface area (Å²) in [7, 11) is 0. The number of nitrogens with two attached hydrogens (primary N) is 1. The largest absolute Gasteiger partial charge is 0.375 e. The summed E-state index contributed by atoms with van der Waals surface area (Å²) in [6.45, 7) is 4.97. The van der Waals surface area contributed by atoms with Gasteiger partial charge in [0.2, 0.25) is 0 Å². The Balaban J connectivity index is 1.64. The predicted octanol–water partition coefficient (Wildman–Crippen LogP) is 1.50. The highest BCUT2D eigenvalue weighted by molar-refractivity contribution is 5.78. The number of aliphatic imine (C=N–C) groups is 1. The zero-order chi connectivity index (χ0) is 14.7. The second-order valence-electron chi connectivity index (χ2n) is 5.92. The van der Waals surface area contributed by atoms with Gasteiger partial charge in [0.15, 0.2) is 5.96 Å². The van der Waals surface area contributed by atoms with Crippen molar-refractivity contribution in [3.63, 3.8) is 0 Å². The van der Waals surface area contributed by atoms with Crippen LogP contribution in [-0.4, -0.2) is 41.6 Å². The van der Waals surface area contributed by atoms with Gasteiger partial charge >= 0.3 is 0 Å². The van der Waals surface area contributed by atoms with Crippen LogP contribution in [0, 0.1) is 0 Å². The molecule has 2 heterocycles. The van der Waals surface area contributed by atoms with Gasteiger partial charge in [-0.05, 0) is 44.2 Å². The number of ether oxygens (including phenoxy) is 1. The molecule has 1 aliphatic carbocycles. The Hall–Kier alpha value is -1.62. The van der Waals surface area contributed by atoms with Crippen molar-refractivity contribution < 1.29 is 4.74 Å². The minimum absolute atomic E-state index is 0.217. The van der Waals surface area contributed by atoms with Gasteiger partial charge in [0.05, 0.1) is 24.9 Å². The monoisotopic (exact) mass is 288 g/mol. The lowest BCUT2D eigenvalue weighted by Crippen LogP contribution is -2.47.